The standard InChI is InChI=1S/C4H7NO3/c1-2-4(6)8-7-3-5/h2H,1,3,5H2. The number of carbonyl (C=O) groups is 1. The highest BCUT2D eigenvalue weighted by Crippen LogP contribution is 1.76. The van der Waals surface area contributed by atoms with Crippen LogP contribution in [0.15, 0.2) is 12.7 Å². The van der Waals surface area contributed by atoms with Crippen molar-refractivity contribution in [3.63, 3.8) is 0 Å². The molecule has 0 aromatic rings. The predicted molar refractivity (Wildman–Crippen MR) is 26.4 cm³/mol. The molecule has 0 rings (SSSR count). The van der Waals surface area contributed by atoms with Crippen LogP contribution in [0, 0.1) is 0 Å². The maximum atomic E-state index is 10.0. The van der Waals surface area contributed by atoms with Gasteiger partial charge in [0.05, 0.1) is 0 Å². The van der Waals surface area contributed by atoms with Crippen molar-refractivity contribution in [3.05, 3.63) is 12.7 Å². The molecule has 0 aliphatic carbocycles. The third kappa shape index (κ3) is 3.32. The second kappa shape index (κ2) is 4.29. The van der Waals surface area contributed by atoms with Gasteiger partial charge in [0.1, 0.15) is 6.73 Å². The van der Waals surface area contributed by atoms with Gasteiger partial charge in [-0.3, -0.25) is 4.89 Å². The molecule has 0 bridgehead atoms. The summed E-state index contributed by atoms with van der Waals surface area (Å²) in [4.78, 5) is 18.1. The summed E-state index contributed by atoms with van der Waals surface area (Å²) < 4.78 is 0. The Bertz CT molecular complexity index is 91.3. The first-order chi connectivity index (χ1) is 3.81. The van der Waals surface area contributed by atoms with Gasteiger partial charge in [-0.15, -0.1) is 0 Å². The van der Waals surface area contributed by atoms with Crippen molar-refractivity contribution in [2.45, 2.75) is 0 Å². The zero-order chi connectivity index (χ0) is 6.41. The molecule has 0 amide bonds. The lowest BCUT2D eigenvalue weighted by molar-refractivity contribution is -0.266. The molecule has 0 aromatic heterocycles. The summed E-state index contributed by atoms with van der Waals surface area (Å²) >= 11 is 0. The first-order valence-electron chi connectivity index (χ1n) is 1.97. The summed E-state index contributed by atoms with van der Waals surface area (Å²) in [5.41, 5.74) is 4.80. The Balaban J connectivity index is 3.11. The van der Waals surface area contributed by atoms with E-state index in [4.69, 9.17) is 5.73 Å². The van der Waals surface area contributed by atoms with Gasteiger partial charge < -0.3 is 5.73 Å². The number of rotatable bonds is 3. The molecule has 4 heteroatoms. The number of carbonyl (C=O) groups excluding carboxylic acids is 1. The molecule has 0 radical (unpaired) electrons. The van der Waals surface area contributed by atoms with Gasteiger partial charge in [0.2, 0.25) is 0 Å². The molecule has 0 saturated heterocycles. The molecule has 0 fully saturated rings. The van der Waals surface area contributed by atoms with Crippen molar-refractivity contribution in [3.8, 4) is 0 Å². The summed E-state index contributed by atoms with van der Waals surface area (Å²) in [6, 6.07) is 0. The average Bonchev–Trinajstić information content (AvgIpc) is 1.83. The normalized spacial score (nSPS) is 8.12. The lowest BCUT2D eigenvalue weighted by atomic mass is 10.7. The summed E-state index contributed by atoms with van der Waals surface area (Å²) in [5.74, 6) is -0.643. The molecular formula is C4H7NO3. The van der Waals surface area contributed by atoms with Crippen LogP contribution in [0.1, 0.15) is 0 Å². The molecular weight excluding hydrogens is 110 g/mol. The van der Waals surface area contributed by atoms with Crippen LogP contribution in [0.2, 0.25) is 0 Å². The zero-order valence-corrected chi connectivity index (χ0v) is 4.29. The van der Waals surface area contributed by atoms with E-state index < -0.39 is 5.97 Å². The molecule has 0 unspecified atom stereocenters. The van der Waals surface area contributed by atoms with Crippen LogP contribution >= 0.6 is 0 Å². The molecule has 2 N–H and O–H groups in total. The third-order valence-electron chi connectivity index (χ3n) is 0.376. The Kier molecular flexibility index (Phi) is 3.83. The van der Waals surface area contributed by atoms with Crippen molar-refractivity contribution in [1.29, 1.82) is 0 Å². The Hall–Kier alpha value is -0.870. The maximum absolute atomic E-state index is 10.0. The molecule has 0 aliphatic heterocycles. The van der Waals surface area contributed by atoms with E-state index in [9.17, 15) is 4.79 Å². The van der Waals surface area contributed by atoms with Gasteiger partial charge in [-0.2, -0.15) is 4.89 Å². The van der Waals surface area contributed by atoms with Crippen molar-refractivity contribution >= 4 is 5.97 Å². The van der Waals surface area contributed by atoms with Crippen molar-refractivity contribution in [2.75, 3.05) is 6.73 Å². The zero-order valence-electron chi connectivity index (χ0n) is 4.29. The van der Waals surface area contributed by atoms with E-state index in [0.717, 1.165) is 6.08 Å². The summed E-state index contributed by atoms with van der Waals surface area (Å²) in [5, 5.41) is 0. The largest absolute Gasteiger partial charge is 0.365 e. The van der Waals surface area contributed by atoms with Gasteiger partial charge in [-0.25, -0.2) is 4.79 Å². The van der Waals surface area contributed by atoms with Crippen LogP contribution in [0.3, 0.4) is 0 Å². The van der Waals surface area contributed by atoms with Crippen LogP contribution in [-0.2, 0) is 14.6 Å². The van der Waals surface area contributed by atoms with Gasteiger partial charge in [0.25, 0.3) is 0 Å². The fourth-order valence-corrected chi connectivity index (χ4v) is 0.126. The Morgan fingerprint density at radius 1 is 1.88 bits per heavy atom. The maximum Gasteiger partial charge on any atom is 0.365 e. The Labute approximate surface area is 46.8 Å². The predicted octanol–water partition coefficient (Wildman–Crippen LogP) is -0.437. The molecule has 46 valence electrons. The van der Waals surface area contributed by atoms with Gasteiger partial charge in [0, 0.05) is 6.08 Å². The molecule has 8 heavy (non-hydrogen) atoms. The second-order valence-electron chi connectivity index (χ2n) is 0.891. The van der Waals surface area contributed by atoms with Crippen LogP contribution in [0.25, 0.3) is 0 Å². The molecule has 0 aromatic carbocycles. The van der Waals surface area contributed by atoms with Crippen LogP contribution in [-0.4, -0.2) is 12.7 Å². The van der Waals surface area contributed by atoms with E-state index in [-0.39, 0.29) is 6.73 Å². The van der Waals surface area contributed by atoms with Crippen LogP contribution in [0.5, 0.6) is 0 Å². The lowest BCUT2D eigenvalue weighted by Crippen LogP contribution is -2.08. The van der Waals surface area contributed by atoms with E-state index in [1.54, 1.807) is 0 Å². The summed E-state index contributed by atoms with van der Waals surface area (Å²) in [7, 11) is 0. The molecule has 0 heterocycles. The van der Waals surface area contributed by atoms with E-state index in [1.165, 1.54) is 0 Å². The molecule has 0 aliphatic rings. The Morgan fingerprint density at radius 2 is 2.50 bits per heavy atom. The van der Waals surface area contributed by atoms with E-state index in [0.29, 0.717) is 0 Å². The molecule has 0 atom stereocenters. The topological polar surface area (TPSA) is 61.5 Å². The minimum Gasteiger partial charge on any atom is -0.305 e. The van der Waals surface area contributed by atoms with E-state index in [2.05, 4.69) is 16.4 Å². The summed E-state index contributed by atoms with van der Waals surface area (Å²) in [6.07, 6.45) is 0.982. The lowest BCUT2D eigenvalue weighted by Gasteiger charge is -1.93. The highest BCUT2D eigenvalue weighted by molar-refractivity contribution is 5.80. The number of hydrogen-bond donors (Lipinski definition) is 1. The van der Waals surface area contributed by atoms with E-state index in [1.807, 2.05) is 0 Å². The van der Waals surface area contributed by atoms with Gasteiger partial charge in [-0.05, 0) is 0 Å². The smallest absolute Gasteiger partial charge is 0.305 e. The molecule has 0 spiro atoms. The van der Waals surface area contributed by atoms with Crippen molar-refractivity contribution in [2.24, 2.45) is 5.73 Å². The van der Waals surface area contributed by atoms with Gasteiger partial charge in [0.15, 0.2) is 0 Å². The summed E-state index contributed by atoms with van der Waals surface area (Å²) in [6.45, 7) is 2.98. The Morgan fingerprint density at radius 3 is 2.88 bits per heavy atom. The van der Waals surface area contributed by atoms with Crippen LogP contribution < -0.4 is 5.73 Å². The van der Waals surface area contributed by atoms with Crippen molar-refractivity contribution in [1.82, 2.24) is 0 Å². The monoisotopic (exact) mass is 117 g/mol. The number of hydrogen-bond acceptors (Lipinski definition) is 4. The van der Waals surface area contributed by atoms with Crippen LogP contribution in [0.4, 0.5) is 0 Å². The minimum atomic E-state index is -0.643. The van der Waals surface area contributed by atoms with E-state index >= 15 is 0 Å². The van der Waals surface area contributed by atoms with Gasteiger partial charge >= 0.3 is 5.97 Å². The first kappa shape index (κ1) is 7.13. The average molecular weight is 117 g/mol. The quantitative estimate of drug-likeness (QED) is 0.235. The highest BCUT2D eigenvalue weighted by Gasteiger charge is 1.91. The molecule has 0 saturated carbocycles. The second-order valence-corrected chi connectivity index (χ2v) is 0.891. The minimum absolute atomic E-state index is 0.139. The SMILES string of the molecule is C=CC(=O)OOCN. The number of nitrogens with two attached hydrogens (primary N) is 1. The third-order valence-corrected chi connectivity index (χ3v) is 0.376. The highest BCUT2D eigenvalue weighted by atomic mass is 17.2. The van der Waals surface area contributed by atoms with Gasteiger partial charge in [-0.1, -0.05) is 6.58 Å². The fourth-order valence-electron chi connectivity index (χ4n) is 0.126. The first-order valence-corrected chi connectivity index (χ1v) is 1.97. The van der Waals surface area contributed by atoms with Crippen molar-refractivity contribution < 1.29 is 14.6 Å². The fraction of sp³-hybridized carbons (Fsp3) is 0.250. The molecule has 4 nitrogen and oxygen atoms in total.